The Morgan fingerprint density at radius 2 is 2.00 bits per heavy atom. The molecule has 0 bridgehead atoms. The molecule has 1 aromatic rings. The molecular weight excluding hydrogens is 295 g/mol. The Morgan fingerprint density at radius 1 is 1.37 bits per heavy atom. The molecule has 1 rings (SSSR count). The summed E-state index contributed by atoms with van der Waals surface area (Å²) >= 11 is 5.60. The van der Waals surface area contributed by atoms with Gasteiger partial charge in [0.25, 0.3) is 0 Å². The Balaban J connectivity index is 2.59. The molecule has 0 aliphatic carbocycles. The molecule has 0 aliphatic rings. The fourth-order valence-corrected chi connectivity index (χ4v) is 1.35. The average molecular weight is 303 g/mol. The molecule has 0 radical (unpaired) electrons. The lowest BCUT2D eigenvalue weighted by molar-refractivity contribution is -0.163. The number of carbonyl (C=O) groups is 1. The van der Waals surface area contributed by atoms with Gasteiger partial charge in [-0.2, -0.15) is 8.78 Å². The van der Waals surface area contributed by atoms with E-state index in [4.69, 9.17) is 11.6 Å². The molecule has 106 valence electrons. The van der Waals surface area contributed by atoms with Crippen molar-refractivity contribution in [1.29, 1.82) is 0 Å². The number of hydrogen-bond acceptors (Lipinski definition) is 2. The van der Waals surface area contributed by atoms with Gasteiger partial charge >= 0.3 is 12.3 Å². The van der Waals surface area contributed by atoms with Crippen LogP contribution in [-0.2, 0) is 4.74 Å². The Labute approximate surface area is 110 Å². The van der Waals surface area contributed by atoms with E-state index in [1.807, 2.05) is 0 Å². The lowest BCUT2D eigenvalue weighted by atomic mass is 10.1. The van der Waals surface area contributed by atoms with Gasteiger partial charge in [-0.1, -0.05) is 11.6 Å². The maximum Gasteiger partial charge on any atom is 0.330 e. The standard InChI is InChI=1S/C11H8ClF5O2/c12-8-2-1-6(13)3-7(8)9(18)4-19-5-11(16,17)10(14)15/h1-3,10H,4-5H2. The second-order valence-corrected chi connectivity index (χ2v) is 4.01. The largest absolute Gasteiger partial charge is 0.367 e. The SMILES string of the molecule is O=C(COCC(F)(F)C(F)F)c1cc(F)ccc1Cl. The Morgan fingerprint density at radius 3 is 2.58 bits per heavy atom. The van der Waals surface area contributed by atoms with Crippen molar-refractivity contribution in [3.63, 3.8) is 0 Å². The first-order valence-electron chi connectivity index (χ1n) is 4.96. The van der Waals surface area contributed by atoms with Crippen LogP contribution in [-0.4, -0.2) is 31.3 Å². The summed E-state index contributed by atoms with van der Waals surface area (Å²) in [5, 5.41) is -0.0874. The summed E-state index contributed by atoms with van der Waals surface area (Å²) in [4.78, 5) is 11.5. The highest BCUT2D eigenvalue weighted by atomic mass is 35.5. The van der Waals surface area contributed by atoms with Crippen LogP contribution >= 0.6 is 11.6 Å². The number of carbonyl (C=O) groups excluding carboxylic acids is 1. The summed E-state index contributed by atoms with van der Waals surface area (Å²) in [5.74, 6) is -5.97. The van der Waals surface area contributed by atoms with E-state index in [1.165, 1.54) is 0 Å². The van der Waals surface area contributed by atoms with E-state index in [1.54, 1.807) is 0 Å². The molecule has 0 fully saturated rings. The van der Waals surface area contributed by atoms with Crippen molar-refractivity contribution in [3.05, 3.63) is 34.6 Å². The number of ether oxygens (including phenoxy) is 1. The summed E-state index contributed by atoms with van der Waals surface area (Å²) < 4.78 is 65.6. The number of benzene rings is 1. The van der Waals surface area contributed by atoms with Crippen molar-refractivity contribution in [2.45, 2.75) is 12.3 Å². The van der Waals surface area contributed by atoms with Gasteiger partial charge in [0, 0.05) is 5.56 Å². The molecule has 2 nitrogen and oxygen atoms in total. The smallest absolute Gasteiger partial charge is 0.330 e. The first-order valence-corrected chi connectivity index (χ1v) is 5.34. The van der Waals surface area contributed by atoms with Gasteiger partial charge < -0.3 is 4.74 Å². The van der Waals surface area contributed by atoms with Crippen molar-refractivity contribution in [2.75, 3.05) is 13.2 Å². The monoisotopic (exact) mass is 302 g/mol. The third-order valence-corrected chi connectivity index (χ3v) is 2.41. The summed E-state index contributed by atoms with van der Waals surface area (Å²) in [7, 11) is 0. The van der Waals surface area contributed by atoms with Crippen LogP contribution in [0.3, 0.4) is 0 Å². The third kappa shape index (κ3) is 4.43. The van der Waals surface area contributed by atoms with Gasteiger partial charge in [-0.25, -0.2) is 13.2 Å². The van der Waals surface area contributed by atoms with Crippen molar-refractivity contribution >= 4 is 17.4 Å². The highest BCUT2D eigenvalue weighted by Crippen LogP contribution is 2.23. The number of hydrogen-bond donors (Lipinski definition) is 0. The van der Waals surface area contributed by atoms with E-state index < -0.39 is 37.2 Å². The first kappa shape index (κ1) is 15.8. The molecule has 0 amide bonds. The summed E-state index contributed by atoms with van der Waals surface area (Å²) in [5.41, 5.74) is -0.262. The van der Waals surface area contributed by atoms with Crippen LogP contribution in [0.4, 0.5) is 22.0 Å². The van der Waals surface area contributed by atoms with Crippen molar-refractivity contribution in [2.24, 2.45) is 0 Å². The lowest BCUT2D eigenvalue weighted by Gasteiger charge is -2.14. The van der Waals surface area contributed by atoms with E-state index in [-0.39, 0.29) is 10.6 Å². The predicted molar refractivity (Wildman–Crippen MR) is 57.5 cm³/mol. The second-order valence-electron chi connectivity index (χ2n) is 3.60. The Bertz CT molecular complexity index is 464. The molecule has 0 saturated heterocycles. The lowest BCUT2D eigenvalue weighted by Crippen LogP contribution is -2.33. The average Bonchev–Trinajstić information content (AvgIpc) is 2.31. The van der Waals surface area contributed by atoms with Crippen molar-refractivity contribution < 1.29 is 31.5 Å². The zero-order valence-electron chi connectivity index (χ0n) is 9.31. The molecule has 0 saturated carbocycles. The fraction of sp³-hybridized carbons (Fsp3) is 0.364. The third-order valence-electron chi connectivity index (χ3n) is 2.08. The van der Waals surface area contributed by atoms with Gasteiger partial charge in [0.05, 0.1) is 5.02 Å². The molecule has 1 aromatic carbocycles. The molecule has 0 N–H and O–H groups in total. The first-order chi connectivity index (χ1) is 8.74. The van der Waals surface area contributed by atoms with E-state index in [9.17, 15) is 26.7 Å². The highest BCUT2D eigenvalue weighted by Gasteiger charge is 2.41. The van der Waals surface area contributed by atoms with Crippen LogP contribution in [0, 0.1) is 5.82 Å². The minimum absolute atomic E-state index is 0.0874. The number of ketones is 1. The maximum absolute atomic E-state index is 12.9. The van der Waals surface area contributed by atoms with E-state index >= 15 is 0 Å². The summed E-state index contributed by atoms with van der Waals surface area (Å²) in [6.07, 6.45) is -3.89. The fourth-order valence-electron chi connectivity index (χ4n) is 1.13. The molecular formula is C11H8ClF5O2. The van der Waals surface area contributed by atoms with Crippen LogP contribution in [0.15, 0.2) is 18.2 Å². The van der Waals surface area contributed by atoms with Crippen LogP contribution in [0.1, 0.15) is 10.4 Å². The molecule has 0 atom stereocenters. The number of alkyl halides is 4. The minimum atomic E-state index is -4.34. The van der Waals surface area contributed by atoms with E-state index in [0.29, 0.717) is 0 Å². The number of rotatable bonds is 6. The minimum Gasteiger partial charge on any atom is -0.367 e. The van der Waals surface area contributed by atoms with Gasteiger partial charge in [0.1, 0.15) is 19.0 Å². The van der Waals surface area contributed by atoms with Crippen LogP contribution in [0.5, 0.6) is 0 Å². The van der Waals surface area contributed by atoms with Crippen LogP contribution < -0.4 is 0 Å². The molecule has 19 heavy (non-hydrogen) atoms. The van der Waals surface area contributed by atoms with Gasteiger partial charge in [0.2, 0.25) is 0 Å². The van der Waals surface area contributed by atoms with Gasteiger partial charge in [-0.15, -0.1) is 0 Å². The normalized spacial score (nSPS) is 11.9. The van der Waals surface area contributed by atoms with Crippen molar-refractivity contribution in [1.82, 2.24) is 0 Å². The predicted octanol–water partition coefficient (Wildman–Crippen LogP) is 3.58. The maximum atomic E-state index is 12.9. The van der Waals surface area contributed by atoms with E-state index in [0.717, 1.165) is 18.2 Å². The topological polar surface area (TPSA) is 26.3 Å². The zero-order valence-corrected chi connectivity index (χ0v) is 10.1. The quantitative estimate of drug-likeness (QED) is 0.593. The molecule has 0 unspecified atom stereocenters. The summed E-state index contributed by atoms with van der Waals surface area (Å²) in [6, 6.07) is 2.92. The van der Waals surface area contributed by atoms with E-state index in [2.05, 4.69) is 4.74 Å². The Hall–Kier alpha value is -1.21. The number of Topliss-reactive ketones (excluding diaryl/α,β-unsaturated/α-hetero) is 1. The molecule has 0 aliphatic heterocycles. The zero-order chi connectivity index (χ0) is 14.6. The number of halogens is 6. The van der Waals surface area contributed by atoms with Gasteiger partial charge in [-0.3, -0.25) is 4.79 Å². The van der Waals surface area contributed by atoms with Crippen LogP contribution in [0.25, 0.3) is 0 Å². The summed E-state index contributed by atoms with van der Waals surface area (Å²) in [6.45, 7) is -2.51. The molecule has 8 heteroatoms. The van der Waals surface area contributed by atoms with Gasteiger partial charge in [-0.05, 0) is 18.2 Å². The van der Waals surface area contributed by atoms with Crippen LogP contribution in [0.2, 0.25) is 5.02 Å². The molecule has 0 heterocycles. The molecule has 0 spiro atoms. The molecule has 0 aromatic heterocycles. The van der Waals surface area contributed by atoms with Crippen molar-refractivity contribution in [3.8, 4) is 0 Å². The second kappa shape index (κ2) is 6.29. The van der Waals surface area contributed by atoms with Gasteiger partial charge in [0.15, 0.2) is 5.78 Å². The highest BCUT2D eigenvalue weighted by molar-refractivity contribution is 6.34. The Kier molecular flexibility index (Phi) is 5.25.